The molecule has 1 rings (SSSR count). The van der Waals surface area contributed by atoms with Gasteiger partial charge in [-0.3, -0.25) is 14.9 Å². The van der Waals surface area contributed by atoms with Crippen molar-refractivity contribution in [3.63, 3.8) is 0 Å². The lowest BCUT2D eigenvalue weighted by atomic mass is 10.2. The van der Waals surface area contributed by atoms with Crippen molar-refractivity contribution in [3.05, 3.63) is 34.1 Å². The minimum Gasteiger partial charge on any atom is -0.469 e. The van der Waals surface area contributed by atoms with Crippen LogP contribution in [0.25, 0.3) is 0 Å². The number of nitro benzene ring substituents is 1. The number of esters is 1. The number of carbonyl (C=O) groups excluding carboxylic acids is 1. The molecule has 0 spiro atoms. The van der Waals surface area contributed by atoms with E-state index in [0.717, 1.165) is 31.0 Å². The molecule has 0 bridgehead atoms. The van der Waals surface area contributed by atoms with E-state index in [-0.39, 0.29) is 17.3 Å². The van der Waals surface area contributed by atoms with E-state index >= 15 is 0 Å². The zero-order valence-corrected chi connectivity index (χ0v) is 11.2. The second kappa shape index (κ2) is 8.08. The number of benzene rings is 1. The Balaban J connectivity index is 2.36. The molecule has 0 saturated carbocycles. The Hall–Kier alpha value is -2.18. The third kappa shape index (κ3) is 5.21. The summed E-state index contributed by atoms with van der Waals surface area (Å²) in [7, 11) is 1.34. The largest absolute Gasteiger partial charge is 0.469 e. The van der Waals surface area contributed by atoms with Gasteiger partial charge in [0.25, 0.3) is 5.69 Å². The molecule has 1 aromatic rings. The van der Waals surface area contributed by atoms with Crippen LogP contribution < -0.4 is 5.32 Å². The van der Waals surface area contributed by atoms with Crippen molar-refractivity contribution < 1.29 is 18.8 Å². The molecule has 1 aromatic carbocycles. The lowest BCUT2D eigenvalue weighted by Crippen LogP contribution is -2.05. The quantitative estimate of drug-likeness (QED) is 0.343. The van der Waals surface area contributed by atoms with Crippen molar-refractivity contribution in [2.24, 2.45) is 0 Å². The first-order chi connectivity index (χ1) is 9.54. The van der Waals surface area contributed by atoms with Gasteiger partial charge >= 0.3 is 5.97 Å². The summed E-state index contributed by atoms with van der Waals surface area (Å²) in [5.41, 5.74) is 0.0175. The first-order valence-electron chi connectivity index (χ1n) is 6.29. The summed E-state index contributed by atoms with van der Waals surface area (Å²) in [6.07, 6.45) is 2.56. The van der Waals surface area contributed by atoms with Crippen LogP contribution in [0.15, 0.2) is 18.2 Å². The normalized spacial score (nSPS) is 10.1. The van der Waals surface area contributed by atoms with E-state index in [2.05, 4.69) is 10.1 Å². The molecule has 0 aliphatic rings. The summed E-state index contributed by atoms with van der Waals surface area (Å²) in [5, 5.41) is 13.6. The number of hydrogen-bond donors (Lipinski definition) is 1. The number of nitro groups is 1. The number of nitrogens with one attached hydrogen (secondary N) is 1. The van der Waals surface area contributed by atoms with Crippen LogP contribution in [0.1, 0.15) is 25.7 Å². The van der Waals surface area contributed by atoms with Gasteiger partial charge in [0, 0.05) is 25.1 Å². The van der Waals surface area contributed by atoms with Crippen molar-refractivity contribution in [2.75, 3.05) is 19.0 Å². The van der Waals surface area contributed by atoms with Crippen LogP contribution in [-0.4, -0.2) is 24.5 Å². The maximum Gasteiger partial charge on any atom is 0.305 e. The van der Waals surface area contributed by atoms with Gasteiger partial charge in [0.15, 0.2) is 0 Å². The Kier molecular flexibility index (Phi) is 6.42. The minimum absolute atomic E-state index is 0.152. The maximum atomic E-state index is 13.1. The van der Waals surface area contributed by atoms with Gasteiger partial charge in [-0.25, -0.2) is 4.39 Å². The Bertz CT molecular complexity index is 479. The van der Waals surface area contributed by atoms with E-state index in [1.165, 1.54) is 7.11 Å². The molecule has 110 valence electrons. The smallest absolute Gasteiger partial charge is 0.305 e. The highest BCUT2D eigenvalue weighted by atomic mass is 19.1. The SMILES string of the molecule is COC(=O)CCCCCNc1cc(F)ccc1[N+](=O)[O-]. The Morgan fingerprint density at radius 1 is 1.40 bits per heavy atom. The third-order valence-electron chi connectivity index (χ3n) is 2.76. The number of carbonyl (C=O) groups is 1. The fourth-order valence-corrected chi connectivity index (χ4v) is 1.71. The third-order valence-corrected chi connectivity index (χ3v) is 2.76. The first-order valence-corrected chi connectivity index (χ1v) is 6.29. The van der Waals surface area contributed by atoms with Crippen molar-refractivity contribution in [1.82, 2.24) is 0 Å². The molecule has 0 unspecified atom stereocenters. The monoisotopic (exact) mass is 284 g/mol. The Morgan fingerprint density at radius 2 is 2.15 bits per heavy atom. The average molecular weight is 284 g/mol. The highest BCUT2D eigenvalue weighted by molar-refractivity contribution is 5.69. The Labute approximate surface area is 116 Å². The van der Waals surface area contributed by atoms with Gasteiger partial charge in [-0.2, -0.15) is 0 Å². The molecule has 20 heavy (non-hydrogen) atoms. The number of methoxy groups -OCH3 is 1. The highest BCUT2D eigenvalue weighted by Crippen LogP contribution is 2.24. The van der Waals surface area contributed by atoms with E-state index < -0.39 is 10.7 Å². The minimum atomic E-state index is -0.557. The van der Waals surface area contributed by atoms with Gasteiger partial charge in [-0.05, 0) is 18.9 Å². The van der Waals surface area contributed by atoms with Crippen LogP contribution in [0, 0.1) is 15.9 Å². The van der Waals surface area contributed by atoms with Crippen molar-refractivity contribution in [1.29, 1.82) is 0 Å². The summed E-state index contributed by atoms with van der Waals surface area (Å²) < 4.78 is 17.6. The van der Waals surface area contributed by atoms with Crippen LogP contribution in [0.5, 0.6) is 0 Å². The molecule has 0 saturated heterocycles. The molecular weight excluding hydrogens is 267 g/mol. The predicted octanol–water partition coefficient (Wildman–Crippen LogP) is 2.88. The second-order valence-corrected chi connectivity index (χ2v) is 4.23. The van der Waals surface area contributed by atoms with Gasteiger partial charge < -0.3 is 10.1 Å². The van der Waals surface area contributed by atoms with E-state index in [1.54, 1.807) is 0 Å². The van der Waals surface area contributed by atoms with Crippen molar-refractivity contribution >= 4 is 17.3 Å². The average Bonchev–Trinajstić information content (AvgIpc) is 2.42. The number of anilines is 1. The van der Waals surface area contributed by atoms with Crippen LogP contribution in [0.4, 0.5) is 15.8 Å². The van der Waals surface area contributed by atoms with Gasteiger partial charge in [0.1, 0.15) is 11.5 Å². The van der Waals surface area contributed by atoms with Crippen molar-refractivity contribution in [3.8, 4) is 0 Å². The number of hydrogen-bond acceptors (Lipinski definition) is 5. The number of unbranched alkanes of at least 4 members (excludes halogenated alkanes) is 2. The Morgan fingerprint density at radius 3 is 2.80 bits per heavy atom. The van der Waals surface area contributed by atoms with Gasteiger partial charge in [0.05, 0.1) is 12.0 Å². The topological polar surface area (TPSA) is 81.5 Å². The fourth-order valence-electron chi connectivity index (χ4n) is 1.71. The van der Waals surface area contributed by atoms with Crippen molar-refractivity contribution in [2.45, 2.75) is 25.7 Å². The van der Waals surface area contributed by atoms with E-state index in [0.29, 0.717) is 19.4 Å². The summed E-state index contributed by atoms with van der Waals surface area (Å²) in [5.74, 6) is -0.775. The number of ether oxygens (including phenoxy) is 1. The molecule has 6 nitrogen and oxygen atoms in total. The lowest BCUT2D eigenvalue weighted by molar-refractivity contribution is -0.384. The van der Waals surface area contributed by atoms with Gasteiger partial charge in [-0.1, -0.05) is 6.42 Å². The molecule has 1 N–H and O–H groups in total. The molecular formula is C13H17FN2O4. The summed E-state index contributed by atoms with van der Waals surface area (Å²) in [6.45, 7) is 0.478. The van der Waals surface area contributed by atoms with E-state index in [1.807, 2.05) is 0 Å². The molecule has 0 radical (unpaired) electrons. The highest BCUT2D eigenvalue weighted by Gasteiger charge is 2.13. The molecule has 0 aliphatic heterocycles. The summed E-state index contributed by atoms with van der Waals surface area (Å²) >= 11 is 0. The maximum absolute atomic E-state index is 13.1. The van der Waals surface area contributed by atoms with Gasteiger partial charge in [-0.15, -0.1) is 0 Å². The van der Waals surface area contributed by atoms with E-state index in [4.69, 9.17) is 0 Å². The van der Waals surface area contributed by atoms with E-state index in [9.17, 15) is 19.3 Å². The number of nitrogens with zero attached hydrogens (tertiary/aromatic N) is 1. The standard InChI is InChI=1S/C13H17FN2O4/c1-20-13(17)5-3-2-4-8-15-11-9-10(14)6-7-12(11)16(18)19/h6-7,9,15H,2-5,8H2,1H3. The van der Waals surface area contributed by atoms with Crippen LogP contribution in [-0.2, 0) is 9.53 Å². The summed E-state index contributed by atoms with van der Waals surface area (Å²) in [4.78, 5) is 21.1. The molecule has 0 heterocycles. The second-order valence-electron chi connectivity index (χ2n) is 4.23. The summed E-state index contributed by atoms with van der Waals surface area (Å²) in [6, 6.07) is 3.29. The number of rotatable bonds is 8. The zero-order valence-electron chi connectivity index (χ0n) is 11.2. The molecule has 0 aliphatic carbocycles. The first kappa shape index (κ1) is 15.9. The number of halogens is 1. The van der Waals surface area contributed by atoms with Crippen LogP contribution in [0.3, 0.4) is 0 Å². The zero-order chi connectivity index (χ0) is 15.0. The van der Waals surface area contributed by atoms with Crippen LogP contribution in [0.2, 0.25) is 0 Å². The molecule has 7 heteroatoms. The fraction of sp³-hybridized carbons (Fsp3) is 0.462. The van der Waals surface area contributed by atoms with Gasteiger partial charge in [0.2, 0.25) is 0 Å². The molecule has 0 amide bonds. The lowest BCUT2D eigenvalue weighted by Gasteiger charge is -2.07. The molecule has 0 atom stereocenters. The molecule has 0 fully saturated rings. The predicted molar refractivity (Wildman–Crippen MR) is 72.0 cm³/mol. The van der Waals surface area contributed by atoms with Crippen LogP contribution >= 0.6 is 0 Å². The molecule has 0 aromatic heterocycles.